The van der Waals surface area contributed by atoms with E-state index in [0.717, 1.165) is 16.0 Å². The van der Waals surface area contributed by atoms with E-state index in [9.17, 15) is 14.9 Å². The quantitative estimate of drug-likeness (QED) is 0.502. The predicted molar refractivity (Wildman–Crippen MR) is 80.4 cm³/mol. The molecular formula is C15H13NO4S. The maximum atomic E-state index is 10.8. The molecule has 0 radical (unpaired) electrons. The van der Waals surface area contributed by atoms with Crippen molar-refractivity contribution in [3.8, 4) is 0 Å². The number of non-ortho nitro benzene ring substituents is 1. The Morgan fingerprint density at radius 3 is 2.29 bits per heavy atom. The molecule has 108 valence electrons. The van der Waals surface area contributed by atoms with Crippen molar-refractivity contribution in [1.29, 1.82) is 0 Å². The van der Waals surface area contributed by atoms with Gasteiger partial charge in [-0.2, -0.15) is 0 Å². The highest BCUT2D eigenvalue weighted by Crippen LogP contribution is 2.26. The zero-order valence-electron chi connectivity index (χ0n) is 11.1. The summed E-state index contributed by atoms with van der Waals surface area (Å²) in [5.41, 5.74) is 1.81. The molecule has 1 N–H and O–H groups in total. The van der Waals surface area contributed by atoms with Gasteiger partial charge in [-0.05, 0) is 23.3 Å². The van der Waals surface area contributed by atoms with Crippen molar-refractivity contribution in [2.75, 3.05) is 0 Å². The number of carboxylic acids is 1. The minimum absolute atomic E-state index is 0.00298. The Bertz CT molecular complexity index is 655. The lowest BCUT2D eigenvalue weighted by Crippen LogP contribution is -2.02. The molecule has 0 aliphatic heterocycles. The fraction of sp³-hybridized carbons (Fsp3) is 0.133. The number of rotatable bonds is 6. The number of hydrogen-bond acceptors (Lipinski definition) is 4. The first-order valence-electron chi connectivity index (χ1n) is 6.22. The van der Waals surface area contributed by atoms with E-state index in [1.807, 2.05) is 18.2 Å². The van der Waals surface area contributed by atoms with E-state index in [2.05, 4.69) is 0 Å². The van der Waals surface area contributed by atoms with E-state index in [1.54, 1.807) is 18.2 Å². The molecule has 2 aromatic rings. The van der Waals surface area contributed by atoms with Crippen molar-refractivity contribution in [3.63, 3.8) is 0 Å². The van der Waals surface area contributed by atoms with Crippen molar-refractivity contribution in [2.45, 2.75) is 17.1 Å². The van der Waals surface area contributed by atoms with Gasteiger partial charge in [0.05, 0.1) is 11.3 Å². The van der Waals surface area contributed by atoms with Gasteiger partial charge >= 0.3 is 5.97 Å². The molecule has 0 aromatic heterocycles. The second-order valence-corrected chi connectivity index (χ2v) is 5.43. The van der Waals surface area contributed by atoms with Crippen molar-refractivity contribution >= 4 is 23.4 Å². The van der Waals surface area contributed by atoms with Crippen molar-refractivity contribution in [1.82, 2.24) is 0 Å². The summed E-state index contributed by atoms with van der Waals surface area (Å²) in [7, 11) is 0. The second kappa shape index (κ2) is 6.90. The van der Waals surface area contributed by atoms with Crippen LogP contribution in [0.1, 0.15) is 11.1 Å². The number of benzene rings is 2. The first-order valence-corrected chi connectivity index (χ1v) is 7.20. The van der Waals surface area contributed by atoms with Gasteiger partial charge in [0.2, 0.25) is 0 Å². The molecule has 0 aliphatic rings. The number of aliphatic carboxylic acids is 1. The number of thioether (sulfide) groups is 1. The lowest BCUT2D eigenvalue weighted by atomic mass is 10.1. The summed E-state index contributed by atoms with van der Waals surface area (Å²) in [5, 5.41) is 19.5. The topological polar surface area (TPSA) is 80.4 Å². The molecule has 6 heteroatoms. The molecule has 5 nitrogen and oxygen atoms in total. The van der Waals surface area contributed by atoms with E-state index in [-0.39, 0.29) is 12.1 Å². The van der Waals surface area contributed by atoms with Crippen LogP contribution in [0.3, 0.4) is 0 Å². The number of nitrogens with zero attached hydrogens (tertiary/aromatic N) is 1. The van der Waals surface area contributed by atoms with Gasteiger partial charge in [0.25, 0.3) is 5.69 Å². The fourth-order valence-electron chi connectivity index (χ4n) is 1.86. The van der Waals surface area contributed by atoms with Gasteiger partial charge in [-0.3, -0.25) is 14.9 Å². The fourth-order valence-corrected chi connectivity index (χ4v) is 2.79. The van der Waals surface area contributed by atoms with Crippen molar-refractivity contribution in [2.24, 2.45) is 0 Å². The summed E-state index contributed by atoms with van der Waals surface area (Å²) in [6.45, 7) is 0. The molecule has 21 heavy (non-hydrogen) atoms. The summed E-state index contributed by atoms with van der Waals surface area (Å²) in [6, 6.07) is 13.7. The molecule has 0 saturated heterocycles. The van der Waals surface area contributed by atoms with E-state index in [4.69, 9.17) is 5.11 Å². The van der Waals surface area contributed by atoms with Crippen LogP contribution in [-0.4, -0.2) is 16.0 Å². The van der Waals surface area contributed by atoms with Gasteiger partial charge in [-0.15, -0.1) is 11.8 Å². The van der Waals surface area contributed by atoms with E-state index in [1.165, 1.54) is 23.9 Å². The Kier molecular flexibility index (Phi) is 4.94. The Morgan fingerprint density at radius 2 is 1.71 bits per heavy atom. The molecule has 0 aliphatic carbocycles. The molecule has 0 amide bonds. The van der Waals surface area contributed by atoms with Crippen LogP contribution in [-0.2, 0) is 17.0 Å². The maximum absolute atomic E-state index is 10.8. The zero-order valence-corrected chi connectivity index (χ0v) is 11.9. The maximum Gasteiger partial charge on any atom is 0.307 e. The standard InChI is InChI=1S/C15H13NO4S/c17-15(18)9-11-3-1-2-4-12(11)10-21-14-7-5-13(6-8-14)16(19)20/h1-8H,9-10H2,(H,17,18). The molecule has 0 atom stereocenters. The third kappa shape index (κ3) is 4.32. The number of nitro benzene ring substituents is 1. The summed E-state index contributed by atoms with van der Waals surface area (Å²) < 4.78 is 0. The summed E-state index contributed by atoms with van der Waals surface area (Å²) in [6.07, 6.45) is -0.00298. The Balaban J connectivity index is 2.06. The number of carbonyl (C=O) groups is 1. The van der Waals surface area contributed by atoms with Gasteiger partial charge in [0, 0.05) is 22.8 Å². The average molecular weight is 303 g/mol. The van der Waals surface area contributed by atoms with E-state index in [0.29, 0.717) is 5.75 Å². The first-order chi connectivity index (χ1) is 10.1. The van der Waals surface area contributed by atoms with Crippen LogP contribution in [0, 0.1) is 10.1 Å². The summed E-state index contributed by atoms with van der Waals surface area (Å²) in [4.78, 5) is 21.9. The summed E-state index contributed by atoms with van der Waals surface area (Å²) >= 11 is 1.52. The molecule has 0 unspecified atom stereocenters. The van der Waals surface area contributed by atoms with Crippen molar-refractivity contribution in [3.05, 3.63) is 69.8 Å². The minimum atomic E-state index is -0.859. The molecule has 0 bridgehead atoms. The van der Waals surface area contributed by atoms with Crippen LogP contribution >= 0.6 is 11.8 Å². The van der Waals surface area contributed by atoms with Gasteiger partial charge in [0.1, 0.15) is 0 Å². The molecular weight excluding hydrogens is 290 g/mol. The predicted octanol–water partition coefficient (Wildman–Crippen LogP) is 3.51. The largest absolute Gasteiger partial charge is 0.481 e. The van der Waals surface area contributed by atoms with Gasteiger partial charge in [0.15, 0.2) is 0 Å². The van der Waals surface area contributed by atoms with Crippen LogP contribution in [0.15, 0.2) is 53.4 Å². The zero-order chi connectivity index (χ0) is 15.2. The highest BCUT2D eigenvalue weighted by atomic mass is 32.2. The Hall–Kier alpha value is -2.34. The molecule has 2 aromatic carbocycles. The van der Waals surface area contributed by atoms with Gasteiger partial charge in [-0.1, -0.05) is 24.3 Å². The third-order valence-corrected chi connectivity index (χ3v) is 3.96. The minimum Gasteiger partial charge on any atom is -0.481 e. The van der Waals surface area contributed by atoms with Gasteiger partial charge in [-0.25, -0.2) is 0 Å². The second-order valence-electron chi connectivity index (χ2n) is 4.38. The Morgan fingerprint density at radius 1 is 1.10 bits per heavy atom. The highest BCUT2D eigenvalue weighted by Gasteiger charge is 2.08. The number of nitro groups is 1. The van der Waals surface area contributed by atoms with E-state index >= 15 is 0 Å². The third-order valence-electron chi connectivity index (χ3n) is 2.90. The first kappa shape index (κ1) is 15.1. The Labute approximate surface area is 125 Å². The van der Waals surface area contributed by atoms with Crippen LogP contribution in [0.5, 0.6) is 0 Å². The van der Waals surface area contributed by atoms with E-state index < -0.39 is 10.9 Å². The van der Waals surface area contributed by atoms with Crippen LogP contribution < -0.4 is 0 Å². The van der Waals surface area contributed by atoms with Crippen LogP contribution in [0.2, 0.25) is 0 Å². The highest BCUT2D eigenvalue weighted by molar-refractivity contribution is 7.98. The average Bonchev–Trinajstić information content (AvgIpc) is 2.46. The molecule has 0 spiro atoms. The smallest absolute Gasteiger partial charge is 0.307 e. The summed E-state index contributed by atoms with van der Waals surface area (Å²) in [5.74, 6) is -0.232. The molecule has 0 heterocycles. The molecule has 0 fully saturated rings. The number of hydrogen-bond donors (Lipinski definition) is 1. The lowest BCUT2D eigenvalue weighted by Gasteiger charge is -2.07. The number of carboxylic acid groups (broad SMARTS) is 1. The molecule has 0 saturated carbocycles. The monoisotopic (exact) mass is 303 g/mol. The van der Waals surface area contributed by atoms with Gasteiger partial charge < -0.3 is 5.11 Å². The SMILES string of the molecule is O=C(O)Cc1ccccc1CSc1ccc([N+](=O)[O-])cc1. The van der Waals surface area contributed by atoms with Crippen LogP contribution in [0.25, 0.3) is 0 Å². The molecule has 2 rings (SSSR count). The lowest BCUT2D eigenvalue weighted by molar-refractivity contribution is -0.384. The normalized spacial score (nSPS) is 10.3. The van der Waals surface area contributed by atoms with Crippen molar-refractivity contribution < 1.29 is 14.8 Å². The van der Waals surface area contributed by atoms with Crippen LogP contribution in [0.4, 0.5) is 5.69 Å².